The van der Waals surface area contributed by atoms with Gasteiger partial charge in [-0.1, -0.05) is 27.7 Å². The molecule has 1 heterocycles. The van der Waals surface area contributed by atoms with E-state index < -0.39 is 0 Å². The summed E-state index contributed by atoms with van der Waals surface area (Å²) in [5, 5.41) is 0. The molecule has 0 bridgehead atoms. The Hall–Kier alpha value is -0.570. The van der Waals surface area contributed by atoms with Crippen LogP contribution in [0.1, 0.15) is 47.0 Å². The molecule has 0 spiro atoms. The highest BCUT2D eigenvalue weighted by atomic mass is 16.2. The molecular weight excluding hydrogens is 212 g/mol. The second-order valence-electron chi connectivity index (χ2n) is 6.44. The Bertz CT molecular complexity index is 249. The summed E-state index contributed by atoms with van der Waals surface area (Å²) in [6.45, 7) is 11.3. The maximum atomic E-state index is 12.1. The van der Waals surface area contributed by atoms with Crippen LogP contribution in [-0.4, -0.2) is 30.4 Å². The van der Waals surface area contributed by atoms with Crippen molar-refractivity contribution in [1.29, 1.82) is 0 Å². The molecule has 0 saturated carbocycles. The summed E-state index contributed by atoms with van der Waals surface area (Å²) in [7, 11) is 0. The largest absolute Gasteiger partial charge is 0.342 e. The monoisotopic (exact) mass is 240 g/mol. The highest BCUT2D eigenvalue weighted by Gasteiger charge is 2.31. The second kappa shape index (κ2) is 5.85. The van der Waals surface area contributed by atoms with E-state index in [0.29, 0.717) is 17.9 Å². The van der Waals surface area contributed by atoms with E-state index in [1.165, 1.54) is 0 Å². The van der Waals surface area contributed by atoms with Gasteiger partial charge in [-0.25, -0.2) is 0 Å². The zero-order valence-electron chi connectivity index (χ0n) is 11.8. The van der Waals surface area contributed by atoms with Crippen molar-refractivity contribution in [3.63, 3.8) is 0 Å². The first-order valence-electron chi connectivity index (χ1n) is 6.85. The van der Waals surface area contributed by atoms with Crippen LogP contribution in [0.4, 0.5) is 0 Å². The summed E-state index contributed by atoms with van der Waals surface area (Å²) in [5.74, 6) is 1.13. The molecule has 1 fully saturated rings. The third-order valence-corrected chi connectivity index (χ3v) is 4.05. The van der Waals surface area contributed by atoms with Crippen LogP contribution in [0.25, 0.3) is 0 Å². The lowest BCUT2D eigenvalue weighted by molar-refractivity contribution is -0.137. The van der Waals surface area contributed by atoms with Crippen LogP contribution in [0, 0.1) is 17.3 Å². The van der Waals surface area contributed by atoms with Gasteiger partial charge in [0.2, 0.25) is 5.91 Å². The Balaban J connectivity index is 2.44. The quantitative estimate of drug-likeness (QED) is 0.822. The summed E-state index contributed by atoms with van der Waals surface area (Å²) >= 11 is 0. The van der Waals surface area contributed by atoms with E-state index in [1.54, 1.807) is 0 Å². The molecule has 100 valence electrons. The minimum Gasteiger partial charge on any atom is -0.342 e. The van der Waals surface area contributed by atoms with E-state index >= 15 is 0 Å². The molecule has 0 aromatic rings. The number of nitrogens with zero attached hydrogens (tertiary/aromatic N) is 1. The van der Waals surface area contributed by atoms with Gasteiger partial charge < -0.3 is 10.6 Å². The second-order valence-corrected chi connectivity index (χ2v) is 6.44. The molecule has 1 saturated heterocycles. The lowest BCUT2D eigenvalue weighted by Gasteiger charge is -2.39. The number of rotatable bonds is 3. The van der Waals surface area contributed by atoms with E-state index in [1.807, 2.05) is 11.8 Å². The zero-order valence-corrected chi connectivity index (χ0v) is 11.8. The van der Waals surface area contributed by atoms with Crippen LogP contribution >= 0.6 is 0 Å². The minimum absolute atomic E-state index is 0.0891. The number of hydrogen-bond donors (Lipinski definition) is 1. The summed E-state index contributed by atoms with van der Waals surface area (Å²) in [6.07, 6.45) is 3.09. The Kier molecular flexibility index (Phi) is 4.99. The smallest absolute Gasteiger partial charge is 0.225 e. The van der Waals surface area contributed by atoms with Gasteiger partial charge >= 0.3 is 0 Å². The van der Waals surface area contributed by atoms with E-state index in [2.05, 4.69) is 20.8 Å². The zero-order chi connectivity index (χ0) is 13.1. The van der Waals surface area contributed by atoms with Crippen LogP contribution in [0.5, 0.6) is 0 Å². The van der Waals surface area contributed by atoms with Crippen molar-refractivity contribution in [3.05, 3.63) is 0 Å². The van der Waals surface area contributed by atoms with Crippen molar-refractivity contribution in [3.8, 4) is 0 Å². The maximum absolute atomic E-state index is 12.1. The number of piperidine rings is 1. The SMILES string of the molecule is CC(CCN)C(=O)N1CCC(C(C)(C)C)CC1. The molecule has 1 unspecified atom stereocenters. The number of carbonyl (C=O) groups is 1. The van der Waals surface area contributed by atoms with E-state index in [-0.39, 0.29) is 5.92 Å². The summed E-state index contributed by atoms with van der Waals surface area (Å²) in [6, 6.07) is 0. The van der Waals surface area contributed by atoms with Crippen molar-refractivity contribution in [1.82, 2.24) is 4.90 Å². The summed E-state index contributed by atoms with van der Waals surface area (Å²) in [4.78, 5) is 14.1. The molecule has 1 aliphatic rings. The number of amides is 1. The predicted octanol–water partition coefficient (Wildman–Crippen LogP) is 2.26. The van der Waals surface area contributed by atoms with Gasteiger partial charge in [-0.3, -0.25) is 4.79 Å². The van der Waals surface area contributed by atoms with Crippen LogP contribution in [0.15, 0.2) is 0 Å². The van der Waals surface area contributed by atoms with Crippen molar-refractivity contribution >= 4 is 5.91 Å². The Morgan fingerprint density at radius 2 is 1.88 bits per heavy atom. The normalized spacial score (nSPS) is 20.4. The molecule has 0 radical (unpaired) electrons. The van der Waals surface area contributed by atoms with Crippen molar-refractivity contribution in [2.45, 2.75) is 47.0 Å². The average Bonchev–Trinajstić information content (AvgIpc) is 2.27. The predicted molar refractivity (Wildman–Crippen MR) is 71.6 cm³/mol. The molecule has 17 heavy (non-hydrogen) atoms. The van der Waals surface area contributed by atoms with Gasteiger partial charge in [-0.15, -0.1) is 0 Å². The molecule has 2 N–H and O–H groups in total. The van der Waals surface area contributed by atoms with Crippen LogP contribution < -0.4 is 5.73 Å². The van der Waals surface area contributed by atoms with Crippen LogP contribution in [0.3, 0.4) is 0 Å². The average molecular weight is 240 g/mol. The van der Waals surface area contributed by atoms with Crippen LogP contribution in [-0.2, 0) is 4.79 Å². The molecule has 1 amide bonds. The fourth-order valence-corrected chi connectivity index (χ4v) is 2.65. The molecule has 0 aromatic carbocycles. The first-order chi connectivity index (χ1) is 7.86. The van der Waals surface area contributed by atoms with Crippen molar-refractivity contribution < 1.29 is 4.79 Å². The molecule has 0 aromatic heterocycles. The Labute approximate surface area is 106 Å². The first kappa shape index (κ1) is 14.5. The summed E-state index contributed by atoms with van der Waals surface area (Å²) < 4.78 is 0. The van der Waals surface area contributed by atoms with Gasteiger partial charge in [-0.05, 0) is 37.1 Å². The number of hydrogen-bond acceptors (Lipinski definition) is 2. The van der Waals surface area contributed by atoms with Crippen LogP contribution in [0.2, 0.25) is 0 Å². The molecule has 1 rings (SSSR count). The van der Waals surface area contributed by atoms with Crippen molar-refractivity contribution in [2.24, 2.45) is 23.0 Å². The van der Waals surface area contributed by atoms with Gasteiger partial charge in [0.15, 0.2) is 0 Å². The maximum Gasteiger partial charge on any atom is 0.225 e. The van der Waals surface area contributed by atoms with Gasteiger partial charge in [-0.2, -0.15) is 0 Å². The highest BCUT2D eigenvalue weighted by molar-refractivity contribution is 5.78. The summed E-state index contributed by atoms with van der Waals surface area (Å²) in [5.41, 5.74) is 5.88. The first-order valence-corrected chi connectivity index (χ1v) is 6.85. The van der Waals surface area contributed by atoms with Gasteiger partial charge in [0, 0.05) is 19.0 Å². The third-order valence-electron chi connectivity index (χ3n) is 4.05. The van der Waals surface area contributed by atoms with Gasteiger partial charge in [0.1, 0.15) is 0 Å². The molecule has 3 nitrogen and oxygen atoms in total. The van der Waals surface area contributed by atoms with Crippen molar-refractivity contribution in [2.75, 3.05) is 19.6 Å². The molecule has 1 aliphatic heterocycles. The van der Waals surface area contributed by atoms with E-state index in [0.717, 1.165) is 38.3 Å². The molecule has 1 atom stereocenters. The van der Waals surface area contributed by atoms with E-state index in [9.17, 15) is 4.79 Å². The number of nitrogens with two attached hydrogens (primary N) is 1. The number of carbonyl (C=O) groups excluding carboxylic acids is 1. The highest BCUT2D eigenvalue weighted by Crippen LogP contribution is 2.34. The minimum atomic E-state index is 0.0891. The number of likely N-dealkylation sites (tertiary alicyclic amines) is 1. The topological polar surface area (TPSA) is 46.3 Å². The lowest BCUT2D eigenvalue weighted by atomic mass is 9.75. The standard InChI is InChI=1S/C14H28N2O/c1-11(5-8-15)13(17)16-9-6-12(7-10-16)14(2,3)4/h11-12H,5-10,15H2,1-4H3. The fourth-order valence-electron chi connectivity index (χ4n) is 2.65. The van der Waals surface area contributed by atoms with Gasteiger partial charge in [0.05, 0.1) is 0 Å². The van der Waals surface area contributed by atoms with E-state index in [4.69, 9.17) is 5.73 Å². The molecule has 3 heteroatoms. The third kappa shape index (κ3) is 3.98. The Morgan fingerprint density at radius 1 is 1.35 bits per heavy atom. The molecule has 0 aliphatic carbocycles. The van der Waals surface area contributed by atoms with Gasteiger partial charge in [0.25, 0.3) is 0 Å². The fraction of sp³-hybridized carbons (Fsp3) is 0.929. The Morgan fingerprint density at radius 3 is 2.29 bits per heavy atom. The lowest BCUT2D eigenvalue weighted by Crippen LogP contribution is -2.43. The molecular formula is C14H28N2O.